The fourth-order valence-corrected chi connectivity index (χ4v) is 6.27. The van der Waals surface area contributed by atoms with Crippen molar-refractivity contribution in [2.75, 3.05) is 25.1 Å². The second-order valence-electron chi connectivity index (χ2n) is 8.67. The normalized spacial score (nSPS) is 18.5. The van der Waals surface area contributed by atoms with Gasteiger partial charge >= 0.3 is 0 Å². The zero-order chi connectivity index (χ0) is 24.1. The number of sulfone groups is 1. The van der Waals surface area contributed by atoms with Crippen molar-refractivity contribution in [2.24, 2.45) is 5.92 Å². The molecule has 1 aliphatic rings. The van der Waals surface area contributed by atoms with Gasteiger partial charge in [0.15, 0.2) is 9.84 Å². The minimum absolute atomic E-state index is 0.0688. The van der Waals surface area contributed by atoms with E-state index in [4.69, 9.17) is 0 Å². The average Bonchev–Trinajstić information content (AvgIpc) is 2.79. The van der Waals surface area contributed by atoms with Crippen molar-refractivity contribution in [1.82, 2.24) is 9.62 Å². The molecule has 1 saturated heterocycles. The Morgan fingerprint density at radius 1 is 1.06 bits per heavy atom. The Kier molecular flexibility index (Phi) is 8.31. The van der Waals surface area contributed by atoms with Gasteiger partial charge in [0, 0.05) is 19.3 Å². The summed E-state index contributed by atoms with van der Waals surface area (Å²) in [6.07, 6.45) is 3.68. The van der Waals surface area contributed by atoms with Gasteiger partial charge in [0.2, 0.25) is 15.9 Å². The minimum atomic E-state index is -3.42. The molecule has 2 atom stereocenters. The van der Waals surface area contributed by atoms with E-state index in [0.717, 1.165) is 17.4 Å². The van der Waals surface area contributed by atoms with E-state index in [1.807, 2.05) is 37.3 Å². The predicted molar refractivity (Wildman–Crippen MR) is 129 cm³/mol. The van der Waals surface area contributed by atoms with Crippen LogP contribution in [0.15, 0.2) is 59.5 Å². The quantitative estimate of drug-likeness (QED) is 0.580. The number of carbonyl (C=O) groups excluding carboxylic acids is 1. The summed E-state index contributed by atoms with van der Waals surface area (Å²) >= 11 is 0. The molecule has 0 aromatic heterocycles. The number of piperidine rings is 1. The Bertz CT molecular complexity index is 1150. The molecule has 33 heavy (non-hydrogen) atoms. The maximum atomic E-state index is 12.9. The fraction of sp³-hybridized carbons (Fsp3) is 0.458. The van der Waals surface area contributed by atoms with Gasteiger partial charge in [0.25, 0.3) is 0 Å². The predicted octanol–water partition coefficient (Wildman–Crippen LogP) is 2.94. The highest BCUT2D eigenvalue weighted by Gasteiger charge is 2.32. The van der Waals surface area contributed by atoms with Crippen LogP contribution in [0.4, 0.5) is 0 Å². The first-order valence-electron chi connectivity index (χ1n) is 11.2. The number of hydrogen-bond donors (Lipinski definition) is 1. The third kappa shape index (κ3) is 7.12. The van der Waals surface area contributed by atoms with Crippen LogP contribution < -0.4 is 5.32 Å². The maximum absolute atomic E-state index is 12.9. The second-order valence-corrected chi connectivity index (χ2v) is 12.8. The Hall–Kier alpha value is -2.23. The van der Waals surface area contributed by atoms with Crippen LogP contribution in [0.2, 0.25) is 0 Å². The van der Waals surface area contributed by atoms with Gasteiger partial charge in [-0.2, -0.15) is 0 Å². The molecule has 2 aromatic carbocycles. The summed E-state index contributed by atoms with van der Waals surface area (Å²) in [5.74, 6) is -0.515. The molecule has 7 nitrogen and oxygen atoms in total. The molecule has 1 aliphatic heterocycles. The number of carbonyl (C=O) groups is 1. The smallest absolute Gasteiger partial charge is 0.224 e. The standard InChI is InChI=1S/C24H32N2O5S2/c1-19(21-12-14-23(15-13-21)32(2,28)29)25-24(27)22-11-6-16-26(18-22)33(30,31)17-7-10-20-8-4-3-5-9-20/h3-5,8-9,12-15,19,22H,6-7,10-11,16-18H2,1-2H3,(H,25,27)/t19-,22+/m0/s1. The van der Waals surface area contributed by atoms with Crippen LogP contribution in [0, 0.1) is 5.92 Å². The number of rotatable bonds is 9. The SMILES string of the molecule is C[C@H](NC(=O)[C@@H]1CCCN(S(=O)(=O)CCCc2ccccc2)C1)c1ccc(S(C)(=O)=O)cc1. The second kappa shape index (κ2) is 10.8. The number of nitrogens with zero attached hydrogens (tertiary/aromatic N) is 1. The first kappa shape index (κ1) is 25.4. The summed E-state index contributed by atoms with van der Waals surface area (Å²) in [5.41, 5.74) is 1.90. The number of hydrogen-bond acceptors (Lipinski definition) is 5. The number of amides is 1. The van der Waals surface area contributed by atoms with E-state index in [1.165, 1.54) is 16.4 Å². The molecule has 1 amide bonds. The lowest BCUT2D eigenvalue weighted by Crippen LogP contribution is -2.46. The summed E-state index contributed by atoms with van der Waals surface area (Å²) in [6.45, 7) is 2.47. The first-order chi connectivity index (χ1) is 15.6. The largest absolute Gasteiger partial charge is 0.349 e. The third-order valence-corrected chi connectivity index (χ3v) is 9.08. The number of sulfonamides is 1. The molecule has 0 saturated carbocycles. The van der Waals surface area contributed by atoms with Gasteiger partial charge in [0.1, 0.15) is 0 Å². The van der Waals surface area contributed by atoms with Crippen LogP contribution in [0.3, 0.4) is 0 Å². The van der Waals surface area contributed by atoms with Gasteiger partial charge in [-0.15, -0.1) is 0 Å². The van der Waals surface area contributed by atoms with Crippen LogP contribution in [0.1, 0.15) is 43.4 Å². The lowest BCUT2D eigenvalue weighted by Gasteiger charge is -2.32. The van der Waals surface area contributed by atoms with Crippen LogP contribution in [-0.2, 0) is 31.1 Å². The molecule has 0 radical (unpaired) electrons. The first-order valence-corrected chi connectivity index (χ1v) is 14.7. The Labute approximate surface area is 197 Å². The van der Waals surface area contributed by atoms with E-state index >= 15 is 0 Å². The number of benzene rings is 2. The highest BCUT2D eigenvalue weighted by Crippen LogP contribution is 2.22. The van der Waals surface area contributed by atoms with Crippen molar-refractivity contribution in [3.63, 3.8) is 0 Å². The summed E-state index contributed by atoms with van der Waals surface area (Å²) in [5, 5.41) is 2.95. The van der Waals surface area contributed by atoms with Crippen LogP contribution in [0.25, 0.3) is 0 Å². The molecular formula is C24H32N2O5S2. The zero-order valence-electron chi connectivity index (χ0n) is 19.1. The minimum Gasteiger partial charge on any atom is -0.349 e. The lowest BCUT2D eigenvalue weighted by atomic mass is 9.98. The van der Waals surface area contributed by atoms with Crippen LogP contribution >= 0.6 is 0 Å². The summed E-state index contributed by atoms with van der Waals surface area (Å²) in [6, 6.07) is 15.9. The number of nitrogens with one attached hydrogen (secondary N) is 1. The van der Waals surface area contributed by atoms with E-state index in [1.54, 1.807) is 12.1 Å². The van der Waals surface area contributed by atoms with Crippen molar-refractivity contribution in [1.29, 1.82) is 0 Å². The van der Waals surface area contributed by atoms with Gasteiger partial charge in [-0.25, -0.2) is 21.1 Å². The third-order valence-electron chi connectivity index (χ3n) is 6.03. The molecule has 1 N–H and O–H groups in total. The fourth-order valence-electron chi connectivity index (χ4n) is 4.06. The Balaban J connectivity index is 1.54. The lowest BCUT2D eigenvalue weighted by molar-refractivity contribution is -0.126. The van der Waals surface area contributed by atoms with Gasteiger partial charge < -0.3 is 5.32 Å². The molecule has 1 fully saturated rings. The van der Waals surface area contributed by atoms with Crippen molar-refractivity contribution in [3.05, 3.63) is 65.7 Å². The summed E-state index contributed by atoms with van der Waals surface area (Å²) in [7, 11) is -6.70. The van der Waals surface area contributed by atoms with E-state index < -0.39 is 25.8 Å². The van der Waals surface area contributed by atoms with E-state index in [9.17, 15) is 21.6 Å². The van der Waals surface area contributed by atoms with Crippen molar-refractivity contribution in [2.45, 2.75) is 43.5 Å². The molecule has 0 unspecified atom stereocenters. The van der Waals surface area contributed by atoms with Gasteiger partial charge in [-0.3, -0.25) is 4.79 Å². The maximum Gasteiger partial charge on any atom is 0.224 e. The molecule has 180 valence electrons. The highest BCUT2D eigenvalue weighted by molar-refractivity contribution is 7.90. The summed E-state index contributed by atoms with van der Waals surface area (Å²) < 4.78 is 50.4. The molecule has 0 spiro atoms. The highest BCUT2D eigenvalue weighted by atomic mass is 32.2. The molecule has 9 heteroatoms. The topological polar surface area (TPSA) is 101 Å². The molecule has 0 bridgehead atoms. The van der Waals surface area contributed by atoms with Gasteiger partial charge in [0.05, 0.1) is 22.6 Å². The van der Waals surface area contributed by atoms with E-state index in [-0.39, 0.29) is 29.1 Å². The van der Waals surface area contributed by atoms with Crippen molar-refractivity contribution < 1.29 is 21.6 Å². The van der Waals surface area contributed by atoms with Crippen molar-refractivity contribution in [3.8, 4) is 0 Å². The summed E-state index contributed by atoms with van der Waals surface area (Å²) in [4.78, 5) is 13.1. The van der Waals surface area contributed by atoms with Crippen LogP contribution in [-0.4, -0.2) is 52.1 Å². The van der Waals surface area contributed by atoms with Gasteiger partial charge in [-0.05, 0) is 55.9 Å². The van der Waals surface area contributed by atoms with Gasteiger partial charge in [-0.1, -0.05) is 42.5 Å². The number of aryl methyl sites for hydroxylation is 1. The molecule has 0 aliphatic carbocycles. The average molecular weight is 493 g/mol. The molecule has 2 aromatic rings. The zero-order valence-corrected chi connectivity index (χ0v) is 20.7. The Morgan fingerprint density at radius 3 is 2.36 bits per heavy atom. The molecule has 1 heterocycles. The monoisotopic (exact) mass is 492 g/mol. The van der Waals surface area contributed by atoms with E-state index in [2.05, 4.69) is 5.32 Å². The molecule has 3 rings (SSSR count). The Morgan fingerprint density at radius 2 is 1.73 bits per heavy atom. The van der Waals surface area contributed by atoms with Crippen LogP contribution in [0.5, 0.6) is 0 Å². The van der Waals surface area contributed by atoms with E-state index in [0.29, 0.717) is 32.2 Å². The van der Waals surface area contributed by atoms with Crippen molar-refractivity contribution >= 4 is 25.8 Å². The molecular weight excluding hydrogens is 460 g/mol.